The number of rotatable bonds is 3. The van der Waals surface area contributed by atoms with E-state index in [0.29, 0.717) is 44.8 Å². The first-order chi connectivity index (χ1) is 13.3. The maximum atomic E-state index is 13.2. The van der Waals surface area contributed by atoms with Gasteiger partial charge in [-0.05, 0) is 37.3 Å². The van der Waals surface area contributed by atoms with E-state index in [2.05, 4.69) is 21.4 Å². The van der Waals surface area contributed by atoms with E-state index in [0.717, 1.165) is 19.3 Å². The first-order valence-electron chi connectivity index (χ1n) is 9.15. The summed E-state index contributed by atoms with van der Waals surface area (Å²) < 4.78 is 41.4. The van der Waals surface area contributed by atoms with Crippen LogP contribution in [-0.4, -0.2) is 51.4 Å². The number of halogens is 3. The van der Waals surface area contributed by atoms with Crippen LogP contribution in [0.5, 0.6) is 0 Å². The molecule has 0 bridgehead atoms. The van der Waals surface area contributed by atoms with Gasteiger partial charge in [0.15, 0.2) is 0 Å². The molecule has 9 heteroatoms. The minimum Gasteiger partial charge on any atom is -0.336 e. The second-order valence-corrected chi connectivity index (χ2v) is 6.91. The van der Waals surface area contributed by atoms with Crippen LogP contribution in [0.25, 0.3) is 0 Å². The van der Waals surface area contributed by atoms with Crippen molar-refractivity contribution in [3.63, 3.8) is 0 Å². The van der Waals surface area contributed by atoms with Crippen molar-refractivity contribution in [1.29, 1.82) is 0 Å². The molecule has 2 aliphatic rings. The second kappa shape index (κ2) is 8.19. The van der Waals surface area contributed by atoms with Gasteiger partial charge in [-0.25, -0.2) is 0 Å². The molecule has 0 radical (unpaired) electrons. The van der Waals surface area contributed by atoms with Crippen LogP contribution >= 0.6 is 0 Å². The molecule has 0 spiro atoms. The molecule has 3 heterocycles. The zero-order chi connectivity index (χ0) is 20.3. The highest BCUT2D eigenvalue weighted by Crippen LogP contribution is 2.35. The molecule has 1 aromatic heterocycles. The van der Waals surface area contributed by atoms with Gasteiger partial charge in [-0.15, -0.1) is 16.6 Å². The van der Waals surface area contributed by atoms with Crippen LogP contribution in [0.3, 0.4) is 0 Å². The van der Waals surface area contributed by atoms with Gasteiger partial charge in [-0.1, -0.05) is 12.0 Å². The third-order valence-corrected chi connectivity index (χ3v) is 5.25. The van der Waals surface area contributed by atoms with E-state index in [-0.39, 0.29) is 17.4 Å². The lowest BCUT2D eigenvalue weighted by atomic mass is 9.86. The van der Waals surface area contributed by atoms with Crippen LogP contribution in [0.1, 0.15) is 36.2 Å². The number of carbonyl (C=O) groups is 1. The fourth-order valence-corrected chi connectivity index (χ4v) is 3.65. The van der Waals surface area contributed by atoms with E-state index in [4.69, 9.17) is 6.42 Å². The molecule has 0 aromatic carbocycles. The third kappa shape index (κ3) is 4.12. The molecule has 1 amide bonds. The normalized spacial score (nSPS) is 19.3. The number of amides is 1. The van der Waals surface area contributed by atoms with Crippen molar-refractivity contribution in [2.75, 3.05) is 19.6 Å². The third-order valence-electron chi connectivity index (χ3n) is 5.25. The van der Waals surface area contributed by atoms with Gasteiger partial charge < -0.3 is 14.8 Å². The van der Waals surface area contributed by atoms with E-state index < -0.39 is 11.7 Å². The fourth-order valence-electron chi connectivity index (χ4n) is 3.65. The number of allylic oxidation sites excluding steroid dienone is 4. The van der Waals surface area contributed by atoms with Gasteiger partial charge in [-0.2, -0.15) is 13.2 Å². The van der Waals surface area contributed by atoms with Gasteiger partial charge >= 0.3 is 6.18 Å². The SMILES string of the molecule is C#C/C=C\C(=C(/C)C(F)(F)F)C1CCN(C(=O)c2nnc3n2CCNC3)CC1. The first kappa shape index (κ1) is 20.1. The van der Waals surface area contributed by atoms with Crippen LogP contribution in [0.4, 0.5) is 13.2 Å². The quantitative estimate of drug-likeness (QED) is 0.632. The van der Waals surface area contributed by atoms with Crippen molar-refractivity contribution in [2.45, 2.75) is 39.0 Å². The molecule has 0 atom stereocenters. The van der Waals surface area contributed by atoms with E-state index in [1.807, 2.05) is 0 Å². The summed E-state index contributed by atoms with van der Waals surface area (Å²) in [6.07, 6.45) is 4.30. The van der Waals surface area contributed by atoms with E-state index in [1.54, 1.807) is 9.47 Å². The summed E-state index contributed by atoms with van der Waals surface area (Å²) in [7, 11) is 0. The molecule has 1 saturated heterocycles. The number of aromatic nitrogens is 3. The van der Waals surface area contributed by atoms with Crippen molar-refractivity contribution in [3.05, 3.63) is 34.9 Å². The Bertz CT molecular complexity index is 839. The van der Waals surface area contributed by atoms with Crippen molar-refractivity contribution >= 4 is 5.91 Å². The molecule has 28 heavy (non-hydrogen) atoms. The Hall–Kier alpha value is -2.60. The molecular weight excluding hydrogens is 371 g/mol. The highest BCUT2D eigenvalue weighted by Gasteiger charge is 2.36. The number of hydrogen-bond donors (Lipinski definition) is 1. The lowest BCUT2D eigenvalue weighted by molar-refractivity contribution is -0.0925. The molecule has 0 unspecified atom stereocenters. The summed E-state index contributed by atoms with van der Waals surface area (Å²) in [6, 6.07) is 0. The number of nitrogens with one attached hydrogen (secondary N) is 1. The number of carbonyl (C=O) groups excluding carboxylic acids is 1. The van der Waals surface area contributed by atoms with E-state index in [1.165, 1.54) is 12.2 Å². The Morgan fingerprint density at radius 1 is 1.29 bits per heavy atom. The summed E-state index contributed by atoms with van der Waals surface area (Å²) in [5.74, 6) is 2.74. The van der Waals surface area contributed by atoms with Crippen LogP contribution in [-0.2, 0) is 13.1 Å². The molecule has 0 aliphatic carbocycles. The van der Waals surface area contributed by atoms with E-state index in [9.17, 15) is 18.0 Å². The summed E-state index contributed by atoms with van der Waals surface area (Å²) in [5, 5.41) is 11.2. The lowest BCUT2D eigenvalue weighted by Crippen LogP contribution is -2.41. The fraction of sp³-hybridized carbons (Fsp3) is 0.526. The Morgan fingerprint density at radius 2 is 2.00 bits per heavy atom. The van der Waals surface area contributed by atoms with Gasteiger partial charge in [0.25, 0.3) is 5.91 Å². The number of piperidine rings is 1. The molecular formula is C19H22F3N5O. The average Bonchev–Trinajstić information content (AvgIpc) is 3.11. The minimum absolute atomic E-state index is 0.198. The van der Waals surface area contributed by atoms with Crippen LogP contribution in [0, 0.1) is 18.3 Å². The number of fused-ring (bicyclic) bond motifs is 1. The van der Waals surface area contributed by atoms with Crippen LogP contribution in [0.15, 0.2) is 23.3 Å². The summed E-state index contributed by atoms with van der Waals surface area (Å²) in [6.45, 7) is 3.72. The summed E-state index contributed by atoms with van der Waals surface area (Å²) in [4.78, 5) is 14.5. The predicted molar refractivity (Wildman–Crippen MR) is 97.1 cm³/mol. The molecule has 6 nitrogen and oxygen atoms in total. The number of nitrogens with zero attached hydrogens (tertiary/aromatic N) is 4. The van der Waals surface area contributed by atoms with Crippen LogP contribution in [0.2, 0.25) is 0 Å². The zero-order valence-electron chi connectivity index (χ0n) is 15.6. The van der Waals surface area contributed by atoms with Crippen molar-refractivity contribution < 1.29 is 18.0 Å². The minimum atomic E-state index is -4.41. The summed E-state index contributed by atoms with van der Waals surface area (Å²) in [5.41, 5.74) is -0.439. The number of likely N-dealkylation sites (tertiary alicyclic amines) is 1. The highest BCUT2D eigenvalue weighted by atomic mass is 19.4. The molecule has 0 saturated carbocycles. The molecule has 1 fully saturated rings. The monoisotopic (exact) mass is 393 g/mol. The van der Waals surface area contributed by atoms with Gasteiger partial charge in [0.1, 0.15) is 5.82 Å². The van der Waals surface area contributed by atoms with Crippen molar-refractivity contribution in [3.8, 4) is 12.3 Å². The topological polar surface area (TPSA) is 63.1 Å². The highest BCUT2D eigenvalue weighted by molar-refractivity contribution is 5.90. The molecule has 150 valence electrons. The summed E-state index contributed by atoms with van der Waals surface area (Å²) >= 11 is 0. The molecule has 2 aliphatic heterocycles. The van der Waals surface area contributed by atoms with Gasteiger partial charge in [0.05, 0.1) is 6.54 Å². The molecule has 3 rings (SSSR count). The zero-order valence-corrected chi connectivity index (χ0v) is 15.6. The predicted octanol–water partition coefficient (Wildman–Crippen LogP) is 2.30. The number of hydrogen-bond acceptors (Lipinski definition) is 4. The Labute approximate surface area is 161 Å². The maximum Gasteiger partial charge on any atom is 0.412 e. The maximum absolute atomic E-state index is 13.2. The van der Waals surface area contributed by atoms with Crippen molar-refractivity contribution in [2.24, 2.45) is 5.92 Å². The number of alkyl halides is 3. The first-order valence-corrected chi connectivity index (χ1v) is 9.15. The van der Waals surface area contributed by atoms with Gasteiger partial charge in [0, 0.05) is 31.8 Å². The van der Waals surface area contributed by atoms with Gasteiger partial charge in [0.2, 0.25) is 5.82 Å². The standard InChI is InChI=1S/C19H22F3N5O/c1-3-4-5-15(13(2)19(20,21)22)14-6-9-26(10-7-14)18(28)17-25-24-16-12-23-8-11-27(16)17/h1,4-5,14,23H,6-12H2,2H3/b5-4-,15-13-. The second-order valence-electron chi connectivity index (χ2n) is 6.91. The smallest absolute Gasteiger partial charge is 0.336 e. The lowest BCUT2D eigenvalue weighted by Gasteiger charge is -2.33. The van der Waals surface area contributed by atoms with Gasteiger partial charge in [-0.3, -0.25) is 4.79 Å². The number of terminal acetylenes is 1. The van der Waals surface area contributed by atoms with Crippen LogP contribution < -0.4 is 5.32 Å². The average molecular weight is 393 g/mol. The van der Waals surface area contributed by atoms with Crippen molar-refractivity contribution in [1.82, 2.24) is 25.0 Å². The van der Waals surface area contributed by atoms with E-state index >= 15 is 0 Å². The largest absolute Gasteiger partial charge is 0.412 e. The Kier molecular flexibility index (Phi) is 5.89. The Morgan fingerprint density at radius 3 is 2.64 bits per heavy atom. The molecule has 1 aromatic rings. The molecule has 1 N–H and O–H groups in total. The Balaban J connectivity index is 1.73.